The number of ether oxygens (including phenoxy) is 1. The van der Waals surface area contributed by atoms with Gasteiger partial charge < -0.3 is 15.2 Å². The second-order valence-electron chi connectivity index (χ2n) is 6.61. The third-order valence-corrected chi connectivity index (χ3v) is 6.70. The molecule has 26 heavy (non-hydrogen) atoms. The number of fused-ring (bicyclic) bond motifs is 2. The average Bonchev–Trinajstić information content (AvgIpc) is 3.34. The van der Waals surface area contributed by atoms with Crippen molar-refractivity contribution in [3.05, 3.63) is 44.3 Å². The Labute approximate surface area is 159 Å². The first-order valence-corrected chi connectivity index (χ1v) is 10.4. The Kier molecular flexibility index (Phi) is 4.83. The average molecular weight is 393 g/mol. The van der Waals surface area contributed by atoms with Crippen LogP contribution < -0.4 is 5.32 Å². The molecular weight excluding hydrogens is 372 g/mol. The maximum absolute atomic E-state index is 13.0. The van der Waals surface area contributed by atoms with Crippen molar-refractivity contribution in [1.82, 2.24) is 10.2 Å². The first-order chi connectivity index (χ1) is 12.6. The molecule has 1 aliphatic carbocycles. The number of imide groups is 1. The maximum atomic E-state index is 13.0. The van der Waals surface area contributed by atoms with E-state index in [0.717, 1.165) is 33.1 Å². The van der Waals surface area contributed by atoms with Crippen molar-refractivity contribution in [3.63, 3.8) is 0 Å². The van der Waals surface area contributed by atoms with Gasteiger partial charge in [-0.15, -0.1) is 22.7 Å². The van der Waals surface area contributed by atoms with Crippen LogP contribution in [-0.4, -0.2) is 41.2 Å². The highest BCUT2D eigenvalue weighted by Gasteiger charge is 2.54. The topological polar surface area (TPSA) is 78.9 Å². The number of aryl methyl sites for hydroxylation is 1. The summed E-state index contributed by atoms with van der Waals surface area (Å²) in [5.41, 5.74) is -0.0413. The van der Waals surface area contributed by atoms with Gasteiger partial charge in [-0.05, 0) is 42.2 Å². The molecule has 0 bridgehead atoms. The van der Waals surface area contributed by atoms with Crippen molar-refractivity contribution in [2.24, 2.45) is 0 Å². The van der Waals surface area contributed by atoms with E-state index in [0.29, 0.717) is 13.0 Å². The molecule has 2 aliphatic rings. The van der Waals surface area contributed by atoms with Crippen LogP contribution in [0.15, 0.2) is 29.0 Å². The molecule has 2 aromatic rings. The summed E-state index contributed by atoms with van der Waals surface area (Å²) < 4.78 is 5.49. The molecule has 2 aromatic heterocycles. The molecule has 0 saturated carbocycles. The molecule has 0 aromatic carbocycles. The molecule has 0 radical (unpaired) electrons. The summed E-state index contributed by atoms with van der Waals surface area (Å²) >= 11 is 3.21. The van der Waals surface area contributed by atoms with Crippen molar-refractivity contribution in [3.8, 4) is 0 Å². The standard InChI is InChI=1S/C18H20N2O4S2/c21-12(10-24-11-13-3-2-7-25-13)9-20-16(22)18(19-17(20)23)6-1-4-15-14(18)5-8-26-15/h2-3,5,7-8,12,21H,1,4,6,9-11H2,(H,19,23)/t12-,18+/m0/s1. The Morgan fingerprint density at radius 3 is 3.00 bits per heavy atom. The molecule has 0 unspecified atom stereocenters. The van der Waals surface area contributed by atoms with Crippen molar-refractivity contribution >= 4 is 34.6 Å². The minimum atomic E-state index is -0.956. The number of nitrogens with one attached hydrogen (secondary N) is 1. The van der Waals surface area contributed by atoms with E-state index in [1.165, 1.54) is 0 Å². The van der Waals surface area contributed by atoms with Gasteiger partial charge in [0.05, 0.1) is 25.9 Å². The molecule has 1 fully saturated rings. The van der Waals surface area contributed by atoms with Gasteiger partial charge in [0, 0.05) is 15.3 Å². The van der Waals surface area contributed by atoms with Gasteiger partial charge in [0.15, 0.2) is 0 Å². The Hall–Kier alpha value is -1.74. The molecule has 1 aliphatic heterocycles. The Balaban J connectivity index is 1.40. The fraction of sp³-hybridized carbons (Fsp3) is 0.444. The largest absolute Gasteiger partial charge is 0.389 e. The van der Waals surface area contributed by atoms with Gasteiger partial charge in [-0.3, -0.25) is 9.69 Å². The van der Waals surface area contributed by atoms with Crippen LogP contribution in [0.5, 0.6) is 0 Å². The number of β-amino-alcohol motifs (C(OH)–C–C–N with tert-alkyl or cyclic N) is 1. The van der Waals surface area contributed by atoms with Crippen LogP contribution in [0.3, 0.4) is 0 Å². The number of hydrogen-bond donors (Lipinski definition) is 2. The number of urea groups is 1. The number of carbonyl (C=O) groups is 2. The summed E-state index contributed by atoms with van der Waals surface area (Å²) in [6.07, 6.45) is 1.49. The lowest BCUT2D eigenvalue weighted by Gasteiger charge is -2.31. The number of amides is 3. The van der Waals surface area contributed by atoms with Gasteiger partial charge in [0.25, 0.3) is 5.91 Å². The number of nitrogens with zero attached hydrogens (tertiary/aromatic N) is 1. The molecule has 3 amide bonds. The molecule has 4 rings (SSSR count). The van der Waals surface area contributed by atoms with E-state index in [4.69, 9.17) is 4.74 Å². The minimum absolute atomic E-state index is 0.0592. The molecular formula is C18H20N2O4S2. The van der Waals surface area contributed by atoms with Crippen LogP contribution in [0, 0.1) is 0 Å². The van der Waals surface area contributed by atoms with Crippen molar-refractivity contribution < 1.29 is 19.4 Å². The van der Waals surface area contributed by atoms with E-state index in [-0.39, 0.29) is 19.1 Å². The monoisotopic (exact) mass is 392 g/mol. The van der Waals surface area contributed by atoms with E-state index in [1.807, 2.05) is 29.0 Å². The van der Waals surface area contributed by atoms with Gasteiger partial charge in [-0.2, -0.15) is 0 Å². The lowest BCUT2D eigenvalue weighted by molar-refractivity contribution is -0.133. The lowest BCUT2D eigenvalue weighted by Crippen LogP contribution is -2.46. The summed E-state index contributed by atoms with van der Waals surface area (Å²) in [5, 5.41) is 17.0. The van der Waals surface area contributed by atoms with Crippen molar-refractivity contribution in [2.75, 3.05) is 13.2 Å². The smallest absolute Gasteiger partial charge is 0.325 e. The summed E-state index contributed by atoms with van der Waals surface area (Å²) in [6.45, 7) is 0.430. The number of aliphatic hydroxyl groups excluding tert-OH is 1. The predicted octanol–water partition coefficient (Wildman–Crippen LogP) is 2.47. The summed E-state index contributed by atoms with van der Waals surface area (Å²) in [6, 6.07) is 5.39. The van der Waals surface area contributed by atoms with Crippen LogP contribution in [0.1, 0.15) is 28.2 Å². The van der Waals surface area contributed by atoms with Crippen LogP contribution >= 0.6 is 22.7 Å². The molecule has 1 saturated heterocycles. The van der Waals surface area contributed by atoms with Gasteiger partial charge in [-0.25, -0.2) is 4.79 Å². The molecule has 3 heterocycles. The molecule has 8 heteroatoms. The van der Waals surface area contributed by atoms with Gasteiger partial charge in [0.1, 0.15) is 5.54 Å². The second kappa shape index (κ2) is 7.11. The fourth-order valence-corrected chi connectivity index (χ4v) is 5.30. The third-order valence-electron chi connectivity index (χ3n) is 4.86. The predicted molar refractivity (Wildman–Crippen MR) is 99.2 cm³/mol. The van der Waals surface area contributed by atoms with E-state index in [9.17, 15) is 14.7 Å². The number of aliphatic hydroxyl groups is 1. The number of carbonyl (C=O) groups excluding carboxylic acids is 2. The number of rotatable bonds is 6. The molecule has 2 atom stereocenters. The fourth-order valence-electron chi connectivity index (χ4n) is 3.66. The van der Waals surface area contributed by atoms with Gasteiger partial charge >= 0.3 is 6.03 Å². The first-order valence-electron chi connectivity index (χ1n) is 8.59. The van der Waals surface area contributed by atoms with Crippen molar-refractivity contribution in [2.45, 2.75) is 37.5 Å². The SMILES string of the molecule is O=C1N[C@@]2(CCCc3sccc32)C(=O)N1C[C@H](O)COCc1cccs1. The highest BCUT2D eigenvalue weighted by molar-refractivity contribution is 7.10. The quantitative estimate of drug-likeness (QED) is 0.741. The Morgan fingerprint density at radius 2 is 2.19 bits per heavy atom. The third kappa shape index (κ3) is 3.07. The van der Waals surface area contributed by atoms with Gasteiger partial charge in [0.2, 0.25) is 0 Å². The van der Waals surface area contributed by atoms with Gasteiger partial charge in [-0.1, -0.05) is 6.07 Å². The number of hydrogen-bond acceptors (Lipinski definition) is 6. The maximum Gasteiger partial charge on any atom is 0.325 e. The zero-order valence-corrected chi connectivity index (χ0v) is 15.8. The zero-order valence-electron chi connectivity index (χ0n) is 14.1. The Morgan fingerprint density at radius 1 is 1.31 bits per heavy atom. The Bertz CT molecular complexity index is 804. The van der Waals surface area contributed by atoms with E-state index in [2.05, 4.69) is 5.32 Å². The van der Waals surface area contributed by atoms with E-state index < -0.39 is 17.7 Å². The van der Waals surface area contributed by atoms with Crippen LogP contribution in [0.4, 0.5) is 4.79 Å². The molecule has 2 N–H and O–H groups in total. The summed E-state index contributed by atoms with van der Waals surface area (Å²) in [4.78, 5) is 28.8. The highest BCUT2D eigenvalue weighted by Crippen LogP contribution is 2.42. The van der Waals surface area contributed by atoms with Crippen LogP contribution in [0.2, 0.25) is 0 Å². The normalized spacial score (nSPS) is 23.3. The second-order valence-corrected chi connectivity index (χ2v) is 8.64. The van der Waals surface area contributed by atoms with Crippen LogP contribution in [-0.2, 0) is 28.1 Å². The summed E-state index contributed by atoms with van der Waals surface area (Å²) in [5.74, 6) is -0.265. The minimum Gasteiger partial charge on any atom is -0.389 e. The summed E-state index contributed by atoms with van der Waals surface area (Å²) in [7, 11) is 0. The van der Waals surface area contributed by atoms with E-state index >= 15 is 0 Å². The van der Waals surface area contributed by atoms with E-state index in [1.54, 1.807) is 22.7 Å². The first kappa shape index (κ1) is 17.7. The molecule has 138 valence electrons. The zero-order chi connectivity index (χ0) is 18.1. The molecule has 6 nitrogen and oxygen atoms in total. The van der Waals surface area contributed by atoms with Crippen molar-refractivity contribution in [1.29, 1.82) is 0 Å². The van der Waals surface area contributed by atoms with Crippen LogP contribution in [0.25, 0.3) is 0 Å². The molecule has 1 spiro atoms. The lowest BCUT2D eigenvalue weighted by atomic mass is 9.80. The highest BCUT2D eigenvalue weighted by atomic mass is 32.1. The number of thiophene rings is 2.